The molecule has 1 rings (SSSR count). The van der Waals surface area contributed by atoms with Crippen molar-refractivity contribution in [1.82, 2.24) is 0 Å². The minimum Gasteiger partial charge on any atom is -0.462 e. The lowest BCUT2D eigenvalue weighted by Crippen LogP contribution is -2.20. The average molecular weight is 257 g/mol. The number of carbonyl (C=O) groups is 1. The van der Waals surface area contributed by atoms with Crippen molar-refractivity contribution >= 4 is 16.0 Å². The van der Waals surface area contributed by atoms with Gasteiger partial charge in [-0.3, -0.25) is 0 Å². The van der Waals surface area contributed by atoms with E-state index in [1.807, 2.05) is 0 Å². The summed E-state index contributed by atoms with van der Waals surface area (Å²) in [5.41, 5.74) is 0.506. The monoisotopic (exact) mass is 257 g/mol. The predicted octanol–water partition coefficient (Wildman–Crippen LogP) is 1.07. The minimum atomic E-state index is -3.94. The molecule has 0 saturated carbocycles. The number of hydrogen-bond acceptors (Lipinski definition) is 4. The Morgan fingerprint density at radius 3 is 2.47 bits per heavy atom. The Hall–Kier alpha value is -1.40. The highest BCUT2D eigenvalue weighted by Gasteiger charge is 2.22. The van der Waals surface area contributed by atoms with Crippen molar-refractivity contribution in [2.24, 2.45) is 5.14 Å². The largest absolute Gasteiger partial charge is 0.462 e. The first-order chi connectivity index (χ1) is 7.91. The van der Waals surface area contributed by atoms with Gasteiger partial charge in [0.05, 0.1) is 17.1 Å². The molecule has 94 valence electrons. The van der Waals surface area contributed by atoms with Crippen LogP contribution >= 0.6 is 0 Å². The topological polar surface area (TPSA) is 86.5 Å². The minimum absolute atomic E-state index is 0.00583. The number of aryl methyl sites for hydroxylation is 1. The molecular weight excluding hydrogens is 242 g/mol. The van der Waals surface area contributed by atoms with Crippen molar-refractivity contribution < 1.29 is 17.9 Å². The molecule has 0 unspecified atom stereocenters. The van der Waals surface area contributed by atoms with E-state index in [0.717, 1.165) is 0 Å². The number of rotatable bonds is 4. The highest BCUT2D eigenvalue weighted by molar-refractivity contribution is 7.89. The van der Waals surface area contributed by atoms with Gasteiger partial charge in [0.25, 0.3) is 0 Å². The summed E-state index contributed by atoms with van der Waals surface area (Å²) in [6.07, 6.45) is 0.471. The molecule has 0 radical (unpaired) electrons. The lowest BCUT2D eigenvalue weighted by atomic mass is 10.1. The van der Waals surface area contributed by atoms with Crippen molar-refractivity contribution in [3.05, 3.63) is 29.3 Å². The Kier molecular flexibility index (Phi) is 4.25. The number of benzene rings is 1. The van der Waals surface area contributed by atoms with Crippen LogP contribution in [0.2, 0.25) is 0 Å². The predicted molar refractivity (Wildman–Crippen MR) is 63.1 cm³/mol. The second-order valence-corrected chi connectivity index (χ2v) is 4.91. The average Bonchev–Trinajstić information content (AvgIpc) is 2.27. The first-order valence-corrected chi connectivity index (χ1v) is 6.78. The molecular formula is C11H15NO4S. The molecule has 6 heteroatoms. The van der Waals surface area contributed by atoms with E-state index >= 15 is 0 Å². The Labute approximate surface area is 101 Å². The fourth-order valence-corrected chi connectivity index (χ4v) is 2.60. The van der Waals surface area contributed by atoms with E-state index in [2.05, 4.69) is 0 Å². The zero-order chi connectivity index (χ0) is 13.1. The van der Waals surface area contributed by atoms with E-state index in [1.54, 1.807) is 26.0 Å². The van der Waals surface area contributed by atoms with Crippen LogP contribution in [0, 0.1) is 0 Å². The summed E-state index contributed by atoms with van der Waals surface area (Å²) in [6.45, 7) is 3.62. The van der Waals surface area contributed by atoms with E-state index in [4.69, 9.17) is 9.88 Å². The summed E-state index contributed by atoms with van der Waals surface area (Å²) < 4.78 is 27.8. The van der Waals surface area contributed by atoms with Crippen LogP contribution in [0.4, 0.5) is 0 Å². The third kappa shape index (κ3) is 3.04. The van der Waals surface area contributed by atoms with E-state index < -0.39 is 16.0 Å². The van der Waals surface area contributed by atoms with Crippen LogP contribution in [-0.2, 0) is 21.2 Å². The van der Waals surface area contributed by atoms with E-state index in [0.29, 0.717) is 12.0 Å². The molecule has 17 heavy (non-hydrogen) atoms. The standard InChI is InChI=1S/C11H15NO4S/c1-3-8-6-5-7-9(11(13)16-4-2)10(8)17(12,14)15/h5-7H,3-4H2,1-2H3,(H2,12,14,15). The molecule has 0 saturated heterocycles. The highest BCUT2D eigenvalue weighted by atomic mass is 32.2. The normalized spacial score (nSPS) is 11.2. The molecule has 5 nitrogen and oxygen atoms in total. The van der Waals surface area contributed by atoms with Crippen LogP contribution in [0.3, 0.4) is 0 Å². The molecule has 0 aromatic heterocycles. The van der Waals surface area contributed by atoms with Crippen LogP contribution in [-0.4, -0.2) is 21.0 Å². The van der Waals surface area contributed by atoms with Gasteiger partial charge < -0.3 is 4.74 Å². The van der Waals surface area contributed by atoms with Crippen LogP contribution in [0.5, 0.6) is 0 Å². The van der Waals surface area contributed by atoms with Gasteiger partial charge in [0.2, 0.25) is 10.0 Å². The van der Waals surface area contributed by atoms with E-state index in [9.17, 15) is 13.2 Å². The smallest absolute Gasteiger partial charge is 0.339 e. The first kappa shape index (κ1) is 13.7. The quantitative estimate of drug-likeness (QED) is 0.817. The highest BCUT2D eigenvalue weighted by Crippen LogP contribution is 2.21. The maximum atomic E-state index is 11.6. The molecule has 0 heterocycles. The molecule has 0 aliphatic heterocycles. The number of esters is 1. The number of primary sulfonamides is 1. The second kappa shape index (κ2) is 5.29. The lowest BCUT2D eigenvalue weighted by Gasteiger charge is -2.10. The fraction of sp³-hybridized carbons (Fsp3) is 0.364. The fourth-order valence-electron chi connectivity index (χ4n) is 1.57. The van der Waals surface area contributed by atoms with Gasteiger partial charge >= 0.3 is 5.97 Å². The number of sulfonamides is 1. The van der Waals surface area contributed by atoms with Crippen molar-refractivity contribution in [3.63, 3.8) is 0 Å². The summed E-state index contributed by atoms with van der Waals surface area (Å²) in [6, 6.07) is 4.64. The summed E-state index contributed by atoms with van der Waals surface area (Å²) in [7, 11) is -3.94. The van der Waals surface area contributed by atoms with Crippen LogP contribution < -0.4 is 5.14 Å². The molecule has 0 aliphatic rings. The van der Waals surface area contributed by atoms with Crippen LogP contribution in [0.1, 0.15) is 29.8 Å². The number of ether oxygens (including phenoxy) is 1. The Bertz CT molecular complexity index is 522. The zero-order valence-corrected chi connectivity index (χ0v) is 10.6. The van der Waals surface area contributed by atoms with Crippen molar-refractivity contribution in [2.45, 2.75) is 25.2 Å². The van der Waals surface area contributed by atoms with Crippen LogP contribution in [0.15, 0.2) is 23.1 Å². The van der Waals surface area contributed by atoms with Gasteiger partial charge in [0.1, 0.15) is 0 Å². The summed E-state index contributed by atoms with van der Waals surface area (Å²) in [4.78, 5) is 11.5. The number of nitrogens with two attached hydrogens (primary N) is 1. The third-order valence-electron chi connectivity index (χ3n) is 2.26. The molecule has 2 N–H and O–H groups in total. The van der Waals surface area contributed by atoms with Gasteiger partial charge in [-0.1, -0.05) is 19.1 Å². The maximum absolute atomic E-state index is 11.6. The van der Waals surface area contributed by atoms with Gasteiger partial charge in [0, 0.05) is 0 Å². The van der Waals surface area contributed by atoms with Crippen LogP contribution in [0.25, 0.3) is 0 Å². The summed E-state index contributed by atoms with van der Waals surface area (Å²) >= 11 is 0. The third-order valence-corrected chi connectivity index (χ3v) is 3.31. The van der Waals surface area contributed by atoms with Gasteiger partial charge in [-0.05, 0) is 25.0 Å². The lowest BCUT2D eigenvalue weighted by molar-refractivity contribution is 0.0521. The molecule has 1 aromatic rings. The van der Waals surface area contributed by atoms with Crippen molar-refractivity contribution in [2.75, 3.05) is 6.61 Å². The van der Waals surface area contributed by atoms with Gasteiger partial charge in [-0.15, -0.1) is 0 Å². The summed E-state index contributed by atoms with van der Waals surface area (Å²) in [5.74, 6) is -0.674. The Balaban J connectivity index is 3.46. The van der Waals surface area contributed by atoms with Gasteiger partial charge in [-0.25, -0.2) is 18.4 Å². The molecule has 1 aromatic carbocycles. The zero-order valence-electron chi connectivity index (χ0n) is 9.76. The molecule has 0 aliphatic carbocycles. The summed E-state index contributed by atoms with van der Waals surface area (Å²) in [5, 5.41) is 5.13. The Morgan fingerprint density at radius 1 is 1.35 bits per heavy atom. The van der Waals surface area contributed by atoms with Gasteiger partial charge in [-0.2, -0.15) is 0 Å². The van der Waals surface area contributed by atoms with E-state index in [1.165, 1.54) is 6.07 Å². The first-order valence-electron chi connectivity index (χ1n) is 5.23. The molecule has 0 spiro atoms. The van der Waals surface area contributed by atoms with Crippen molar-refractivity contribution in [1.29, 1.82) is 0 Å². The van der Waals surface area contributed by atoms with E-state index in [-0.39, 0.29) is 17.1 Å². The second-order valence-electron chi connectivity index (χ2n) is 3.41. The Morgan fingerprint density at radius 2 is 2.00 bits per heavy atom. The van der Waals surface area contributed by atoms with Gasteiger partial charge in [0.15, 0.2) is 0 Å². The SMILES string of the molecule is CCOC(=O)c1cccc(CC)c1S(N)(=O)=O. The molecule has 0 fully saturated rings. The number of carbonyl (C=O) groups excluding carboxylic acids is 1. The molecule has 0 bridgehead atoms. The molecule has 0 atom stereocenters. The number of hydrogen-bond donors (Lipinski definition) is 1. The molecule has 0 amide bonds. The van der Waals surface area contributed by atoms with Crippen molar-refractivity contribution in [3.8, 4) is 0 Å². The maximum Gasteiger partial charge on any atom is 0.339 e.